The molecule has 3 heteroatoms. The highest BCUT2D eigenvalue weighted by Gasteiger charge is 2.30. The molecule has 0 atom stereocenters. The topological polar surface area (TPSA) is 40.7 Å². The van der Waals surface area contributed by atoms with Gasteiger partial charge in [-0.3, -0.25) is 0 Å². The fourth-order valence-corrected chi connectivity index (χ4v) is 1.81. The van der Waals surface area contributed by atoms with E-state index >= 15 is 0 Å². The van der Waals surface area contributed by atoms with E-state index in [1.807, 2.05) is 6.92 Å². The third-order valence-electron chi connectivity index (χ3n) is 2.41. The molecule has 0 unspecified atom stereocenters. The van der Waals surface area contributed by atoms with Gasteiger partial charge in [0.25, 0.3) is 0 Å². The van der Waals surface area contributed by atoms with E-state index in [9.17, 15) is 0 Å². The summed E-state index contributed by atoms with van der Waals surface area (Å²) in [6.45, 7) is 8.40. The van der Waals surface area contributed by atoms with Crippen LogP contribution in [0, 0.1) is 6.92 Å². The van der Waals surface area contributed by atoms with Gasteiger partial charge in [-0.15, -0.1) is 0 Å². The fourth-order valence-electron chi connectivity index (χ4n) is 1.81. The van der Waals surface area contributed by atoms with Crippen LogP contribution in [0.15, 0.2) is 0 Å². The summed E-state index contributed by atoms with van der Waals surface area (Å²) in [4.78, 5) is 7.79. The Hall–Kier alpha value is -0.830. The second-order valence-electron chi connectivity index (χ2n) is 4.14. The van der Waals surface area contributed by atoms with Crippen molar-refractivity contribution in [2.75, 3.05) is 6.54 Å². The van der Waals surface area contributed by atoms with Gasteiger partial charge < -0.3 is 10.3 Å². The van der Waals surface area contributed by atoms with Crippen LogP contribution in [0.1, 0.15) is 31.1 Å². The first-order valence-electron chi connectivity index (χ1n) is 4.36. The molecular formula is C9H15N3. The van der Waals surface area contributed by atoms with Crippen molar-refractivity contribution in [2.45, 2.75) is 32.7 Å². The maximum absolute atomic E-state index is 4.51. The van der Waals surface area contributed by atoms with Crippen molar-refractivity contribution < 1.29 is 0 Å². The van der Waals surface area contributed by atoms with Gasteiger partial charge in [-0.1, -0.05) is 13.8 Å². The van der Waals surface area contributed by atoms with E-state index in [2.05, 4.69) is 29.1 Å². The molecule has 0 aliphatic carbocycles. The minimum absolute atomic E-state index is 0.179. The first kappa shape index (κ1) is 7.80. The number of nitrogens with one attached hydrogen (secondary N) is 2. The van der Waals surface area contributed by atoms with Gasteiger partial charge in [0.15, 0.2) is 0 Å². The standard InChI is InChI=1S/C9H15N3/c1-6-11-7-4-10-5-9(2,3)8(7)12-6/h10H,4-5H2,1-3H3,(H,11,12). The summed E-state index contributed by atoms with van der Waals surface area (Å²) >= 11 is 0. The van der Waals surface area contributed by atoms with E-state index in [0.29, 0.717) is 0 Å². The second kappa shape index (κ2) is 2.33. The van der Waals surface area contributed by atoms with Gasteiger partial charge >= 0.3 is 0 Å². The van der Waals surface area contributed by atoms with Crippen LogP contribution in [0.25, 0.3) is 0 Å². The molecule has 0 fully saturated rings. The molecule has 0 saturated heterocycles. The van der Waals surface area contributed by atoms with Crippen LogP contribution in [0.5, 0.6) is 0 Å². The minimum Gasteiger partial charge on any atom is -0.345 e. The Bertz CT molecular complexity index is 299. The molecule has 12 heavy (non-hydrogen) atoms. The quantitative estimate of drug-likeness (QED) is 0.604. The van der Waals surface area contributed by atoms with E-state index in [1.165, 1.54) is 11.4 Å². The zero-order valence-corrected chi connectivity index (χ0v) is 7.86. The Morgan fingerprint density at radius 2 is 2.17 bits per heavy atom. The third kappa shape index (κ3) is 1.05. The number of aromatic amines is 1. The van der Waals surface area contributed by atoms with Crippen LogP contribution in [0.2, 0.25) is 0 Å². The third-order valence-corrected chi connectivity index (χ3v) is 2.41. The van der Waals surface area contributed by atoms with Gasteiger partial charge in [0.05, 0.1) is 11.4 Å². The number of aryl methyl sites for hydroxylation is 1. The summed E-state index contributed by atoms with van der Waals surface area (Å²) in [5.41, 5.74) is 2.67. The van der Waals surface area contributed by atoms with Gasteiger partial charge in [-0.25, -0.2) is 4.98 Å². The predicted octanol–water partition coefficient (Wildman–Crippen LogP) is 1.10. The lowest BCUT2D eigenvalue weighted by atomic mass is 9.85. The molecule has 1 aliphatic heterocycles. The molecule has 0 amide bonds. The van der Waals surface area contributed by atoms with Crippen LogP contribution < -0.4 is 5.32 Å². The van der Waals surface area contributed by atoms with Crippen molar-refractivity contribution in [3.8, 4) is 0 Å². The number of hydrogen-bond donors (Lipinski definition) is 2. The summed E-state index contributed by atoms with van der Waals surface area (Å²) in [5, 5.41) is 3.37. The molecule has 0 radical (unpaired) electrons. The van der Waals surface area contributed by atoms with Crippen LogP contribution in [-0.2, 0) is 12.0 Å². The maximum Gasteiger partial charge on any atom is 0.103 e. The van der Waals surface area contributed by atoms with Gasteiger partial charge in [-0.05, 0) is 6.92 Å². The number of hydrogen-bond acceptors (Lipinski definition) is 2. The highest BCUT2D eigenvalue weighted by molar-refractivity contribution is 5.25. The number of nitrogens with zero attached hydrogens (tertiary/aromatic N) is 1. The van der Waals surface area contributed by atoms with Crippen LogP contribution in [0.4, 0.5) is 0 Å². The molecule has 1 aliphatic rings. The van der Waals surface area contributed by atoms with Crippen molar-refractivity contribution in [2.24, 2.45) is 0 Å². The monoisotopic (exact) mass is 165 g/mol. The van der Waals surface area contributed by atoms with E-state index in [4.69, 9.17) is 0 Å². The molecule has 2 heterocycles. The van der Waals surface area contributed by atoms with Gasteiger partial charge in [0.1, 0.15) is 5.82 Å². The molecule has 3 nitrogen and oxygen atoms in total. The van der Waals surface area contributed by atoms with E-state index < -0.39 is 0 Å². The number of aromatic nitrogens is 2. The minimum atomic E-state index is 0.179. The summed E-state index contributed by atoms with van der Waals surface area (Å²) in [7, 11) is 0. The number of fused-ring (bicyclic) bond motifs is 1. The Kier molecular flexibility index (Phi) is 1.51. The van der Waals surface area contributed by atoms with E-state index in [0.717, 1.165) is 18.9 Å². The number of rotatable bonds is 0. The Morgan fingerprint density at radius 1 is 1.42 bits per heavy atom. The van der Waals surface area contributed by atoms with Crippen LogP contribution in [0.3, 0.4) is 0 Å². The average molecular weight is 165 g/mol. The van der Waals surface area contributed by atoms with Gasteiger partial charge in [-0.2, -0.15) is 0 Å². The van der Waals surface area contributed by atoms with Crippen molar-refractivity contribution in [3.05, 3.63) is 17.2 Å². The molecule has 2 N–H and O–H groups in total. The largest absolute Gasteiger partial charge is 0.345 e. The second-order valence-corrected chi connectivity index (χ2v) is 4.14. The van der Waals surface area contributed by atoms with Crippen molar-refractivity contribution >= 4 is 0 Å². The van der Waals surface area contributed by atoms with E-state index in [-0.39, 0.29) is 5.41 Å². The lowest BCUT2D eigenvalue weighted by molar-refractivity contribution is 0.422. The van der Waals surface area contributed by atoms with Gasteiger partial charge in [0.2, 0.25) is 0 Å². The first-order chi connectivity index (χ1) is 5.59. The molecule has 0 bridgehead atoms. The lowest BCUT2D eigenvalue weighted by Crippen LogP contribution is -2.38. The zero-order valence-electron chi connectivity index (χ0n) is 7.86. The van der Waals surface area contributed by atoms with Crippen molar-refractivity contribution in [1.29, 1.82) is 0 Å². The lowest BCUT2D eigenvalue weighted by Gasteiger charge is -2.28. The summed E-state index contributed by atoms with van der Waals surface area (Å²) in [5.74, 6) is 1.02. The fraction of sp³-hybridized carbons (Fsp3) is 0.667. The predicted molar refractivity (Wildman–Crippen MR) is 48.1 cm³/mol. The van der Waals surface area contributed by atoms with Crippen molar-refractivity contribution in [3.63, 3.8) is 0 Å². The Morgan fingerprint density at radius 3 is 2.83 bits per heavy atom. The Balaban J connectivity index is 2.51. The summed E-state index contributed by atoms with van der Waals surface area (Å²) in [6.07, 6.45) is 0. The number of imidazole rings is 1. The normalized spacial score (nSPS) is 20.6. The zero-order chi connectivity index (χ0) is 8.77. The highest BCUT2D eigenvalue weighted by atomic mass is 15.0. The molecule has 66 valence electrons. The van der Waals surface area contributed by atoms with Crippen molar-refractivity contribution in [1.82, 2.24) is 15.3 Å². The SMILES string of the molecule is Cc1nc2c([nH]1)CNCC2(C)C. The molecule has 1 aromatic rings. The molecule has 0 spiro atoms. The molecule has 0 saturated carbocycles. The highest BCUT2D eigenvalue weighted by Crippen LogP contribution is 2.27. The molecular weight excluding hydrogens is 150 g/mol. The Labute approximate surface area is 72.6 Å². The molecule has 0 aromatic carbocycles. The first-order valence-corrected chi connectivity index (χ1v) is 4.36. The maximum atomic E-state index is 4.51. The smallest absolute Gasteiger partial charge is 0.103 e. The average Bonchev–Trinajstić information content (AvgIpc) is 2.30. The molecule has 2 rings (SSSR count). The molecule has 1 aromatic heterocycles. The van der Waals surface area contributed by atoms with Crippen LogP contribution in [-0.4, -0.2) is 16.5 Å². The van der Waals surface area contributed by atoms with Crippen LogP contribution >= 0.6 is 0 Å². The summed E-state index contributed by atoms with van der Waals surface area (Å²) < 4.78 is 0. The number of H-pyrrole nitrogens is 1. The van der Waals surface area contributed by atoms with E-state index in [1.54, 1.807) is 0 Å². The van der Waals surface area contributed by atoms with Gasteiger partial charge in [0, 0.05) is 18.5 Å². The summed E-state index contributed by atoms with van der Waals surface area (Å²) in [6, 6.07) is 0.